The van der Waals surface area contributed by atoms with E-state index in [1.807, 2.05) is 13.8 Å². The molecule has 1 aliphatic carbocycles. The SMILES string of the molecule is CSC(=O)OC(C)OC(=O)C1CCC(CNC(=O)C=C(C)C)CC1. The molecule has 0 bridgehead atoms. The van der Waals surface area contributed by atoms with Gasteiger partial charge >= 0.3 is 11.3 Å². The van der Waals surface area contributed by atoms with E-state index >= 15 is 0 Å². The minimum Gasteiger partial charge on any atom is -0.425 e. The van der Waals surface area contributed by atoms with Crippen LogP contribution >= 0.6 is 11.8 Å². The van der Waals surface area contributed by atoms with Gasteiger partial charge in [-0.3, -0.25) is 9.59 Å². The number of ether oxygens (including phenoxy) is 2. The fourth-order valence-corrected chi connectivity index (χ4v) is 2.86. The summed E-state index contributed by atoms with van der Waals surface area (Å²) in [6.07, 6.45) is 5.52. The Bertz CT molecular complexity index is 479. The topological polar surface area (TPSA) is 81.7 Å². The Labute approximate surface area is 147 Å². The Balaban J connectivity index is 2.29. The molecule has 1 aliphatic rings. The Kier molecular flexibility index (Phi) is 8.89. The number of esters is 1. The summed E-state index contributed by atoms with van der Waals surface area (Å²) in [4.78, 5) is 34.8. The third-order valence-electron chi connectivity index (χ3n) is 3.88. The number of rotatable bonds is 6. The van der Waals surface area contributed by atoms with E-state index in [0.29, 0.717) is 12.5 Å². The van der Waals surface area contributed by atoms with Gasteiger partial charge in [0.2, 0.25) is 12.2 Å². The fourth-order valence-electron chi connectivity index (χ4n) is 2.63. The van der Waals surface area contributed by atoms with Gasteiger partial charge in [-0.05, 0) is 63.5 Å². The molecule has 0 heterocycles. The molecule has 1 amide bonds. The van der Waals surface area contributed by atoms with Crippen molar-refractivity contribution < 1.29 is 23.9 Å². The quantitative estimate of drug-likeness (QED) is 0.446. The molecule has 7 heteroatoms. The molecule has 0 spiro atoms. The zero-order chi connectivity index (χ0) is 18.1. The van der Waals surface area contributed by atoms with Crippen LogP contribution in [0.2, 0.25) is 0 Å². The van der Waals surface area contributed by atoms with Crippen LogP contribution in [0.3, 0.4) is 0 Å². The summed E-state index contributed by atoms with van der Waals surface area (Å²) in [5.74, 6) is -0.162. The van der Waals surface area contributed by atoms with Gasteiger partial charge < -0.3 is 14.8 Å². The monoisotopic (exact) mass is 357 g/mol. The van der Waals surface area contributed by atoms with Gasteiger partial charge in [-0.1, -0.05) is 5.57 Å². The molecule has 0 aromatic heterocycles. The lowest BCUT2D eigenvalue weighted by atomic mass is 9.82. The van der Waals surface area contributed by atoms with E-state index < -0.39 is 11.6 Å². The van der Waals surface area contributed by atoms with Crippen molar-refractivity contribution >= 4 is 28.9 Å². The maximum atomic E-state index is 12.1. The Morgan fingerprint density at radius 1 is 1.17 bits per heavy atom. The maximum Gasteiger partial charge on any atom is 0.370 e. The Morgan fingerprint density at radius 2 is 1.79 bits per heavy atom. The highest BCUT2D eigenvalue weighted by atomic mass is 32.2. The lowest BCUT2D eigenvalue weighted by Gasteiger charge is -2.28. The third-order valence-corrected chi connectivity index (χ3v) is 4.31. The van der Waals surface area contributed by atoms with E-state index in [-0.39, 0.29) is 17.8 Å². The molecule has 6 nitrogen and oxygen atoms in total. The predicted molar refractivity (Wildman–Crippen MR) is 93.4 cm³/mol. The van der Waals surface area contributed by atoms with Crippen molar-refractivity contribution in [3.05, 3.63) is 11.6 Å². The highest BCUT2D eigenvalue weighted by Gasteiger charge is 2.29. The van der Waals surface area contributed by atoms with Crippen LogP contribution < -0.4 is 5.32 Å². The van der Waals surface area contributed by atoms with Crippen LogP contribution in [0, 0.1) is 11.8 Å². The number of allylic oxidation sites excluding steroid dienone is 1. The molecule has 1 atom stereocenters. The smallest absolute Gasteiger partial charge is 0.370 e. The van der Waals surface area contributed by atoms with E-state index in [1.165, 1.54) is 6.92 Å². The molecule has 1 fully saturated rings. The van der Waals surface area contributed by atoms with E-state index in [0.717, 1.165) is 43.0 Å². The van der Waals surface area contributed by atoms with E-state index in [9.17, 15) is 14.4 Å². The molecule has 1 rings (SSSR count). The molecular weight excluding hydrogens is 330 g/mol. The first kappa shape index (κ1) is 20.5. The number of amides is 1. The summed E-state index contributed by atoms with van der Waals surface area (Å²) in [6, 6.07) is 0. The van der Waals surface area contributed by atoms with Crippen molar-refractivity contribution in [1.82, 2.24) is 5.32 Å². The van der Waals surface area contributed by atoms with Gasteiger partial charge in [0.25, 0.3) is 0 Å². The van der Waals surface area contributed by atoms with Crippen molar-refractivity contribution in [2.45, 2.75) is 52.7 Å². The second-order valence-corrected chi connectivity index (χ2v) is 7.00. The predicted octanol–water partition coefficient (Wildman–Crippen LogP) is 3.26. The highest BCUT2D eigenvalue weighted by molar-refractivity contribution is 8.12. The minimum atomic E-state index is -0.862. The molecular formula is C17H27NO5S. The molecule has 1 unspecified atom stereocenters. The van der Waals surface area contributed by atoms with Crippen LogP contribution in [0.25, 0.3) is 0 Å². The number of carbonyl (C=O) groups excluding carboxylic acids is 3. The van der Waals surface area contributed by atoms with Crippen molar-refractivity contribution in [3.8, 4) is 0 Å². The molecule has 136 valence electrons. The van der Waals surface area contributed by atoms with Gasteiger partial charge in [-0.15, -0.1) is 0 Å². The van der Waals surface area contributed by atoms with Crippen LogP contribution in [-0.2, 0) is 19.1 Å². The standard InChI is InChI=1S/C17H27NO5S/c1-11(2)9-15(19)18-10-13-5-7-14(8-6-13)16(20)22-12(3)23-17(21)24-4/h9,12-14H,5-8,10H2,1-4H3,(H,18,19). The first-order valence-corrected chi connectivity index (χ1v) is 9.42. The van der Waals surface area contributed by atoms with E-state index in [4.69, 9.17) is 9.47 Å². The van der Waals surface area contributed by atoms with Crippen molar-refractivity contribution in [2.24, 2.45) is 11.8 Å². The molecule has 24 heavy (non-hydrogen) atoms. The molecule has 0 aromatic carbocycles. The summed E-state index contributed by atoms with van der Waals surface area (Å²) < 4.78 is 10.1. The number of thioether (sulfide) groups is 1. The van der Waals surface area contributed by atoms with Gasteiger partial charge in [-0.2, -0.15) is 0 Å². The van der Waals surface area contributed by atoms with Crippen LogP contribution in [0.5, 0.6) is 0 Å². The molecule has 0 saturated heterocycles. The summed E-state index contributed by atoms with van der Waals surface area (Å²) in [5.41, 5.74) is 0.968. The zero-order valence-corrected chi connectivity index (χ0v) is 15.6. The zero-order valence-electron chi connectivity index (χ0n) is 14.8. The molecule has 1 saturated carbocycles. The molecule has 0 radical (unpaired) electrons. The van der Waals surface area contributed by atoms with Crippen molar-refractivity contribution in [3.63, 3.8) is 0 Å². The summed E-state index contributed by atoms with van der Waals surface area (Å²) >= 11 is 0.936. The largest absolute Gasteiger partial charge is 0.425 e. The number of carbonyl (C=O) groups is 3. The Morgan fingerprint density at radius 3 is 2.33 bits per heavy atom. The molecule has 0 aliphatic heterocycles. The highest BCUT2D eigenvalue weighted by Crippen LogP contribution is 2.29. The second-order valence-electron chi connectivity index (χ2n) is 6.26. The summed E-state index contributed by atoms with van der Waals surface area (Å²) in [5, 5.41) is 2.43. The lowest BCUT2D eigenvalue weighted by molar-refractivity contribution is -0.170. The van der Waals surface area contributed by atoms with Gasteiger partial charge in [0.1, 0.15) is 0 Å². The number of hydrogen-bond acceptors (Lipinski definition) is 6. The number of hydrogen-bond donors (Lipinski definition) is 1. The van der Waals surface area contributed by atoms with Crippen LogP contribution in [0.4, 0.5) is 4.79 Å². The minimum absolute atomic E-state index is 0.0685. The van der Waals surface area contributed by atoms with Crippen LogP contribution in [0.15, 0.2) is 11.6 Å². The maximum absolute atomic E-state index is 12.1. The van der Waals surface area contributed by atoms with Gasteiger partial charge in [0.05, 0.1) is 5.92 Å². The second kappa shape index (κ2) is 10.4. The third kappa shape index (κ3) is 7.86. The molecule has 1 N–H and O–H groups in total. The average Bonchev–Trinajstić information content (AvgIpc) is 2.52. The fraction of sp³-hybridized carbons (Fsp3) is 0.706. The molecule has 0 aromatic rings. The van der Waals surface area contributed by atoms with Crippen LogP contribution in [-0.4, -0.2) is 36.3 Å². The van der Waals surface area contributed by atoms with Gasteiger partial charge in [-0.25, -0.2) is 4.79 Å². The summed E-state index contributed by atoms with van der Waals surface area (Å²) in [7, 11) is 0. The Hall–Kier alpha value is -1.50. The van der Waals surface area contributed by atoms with Crippen molar-refractivity contribution in [2.75, 3.05) is 12.8 Å². The average molecular weight is 357 g/mol. The van der Waals surface area contributed by atoms with Crippen molar-refractivity contribution in [1.29, 1.82) is 0 Å². The lowest BCUT2D eigenvalue weighted by Crippen LogP contribution is -2.33. The van der Waals surface area contributed by atoms with Gasteiger partial charge in [0, 0.05) is 19.5 Å². The van der Waals surface area contributed by atoms with E-state index in [2.05, 4.69) is 5.32 Å². The number of nitrogens with one attached hydrogen (secondary N) is 1. The first-order valence-electron chi connectivity index (χ1n) is 8.19. The first-order chi connectivity index (χ1) is 11.3. The van der Waals surface area contributed by atoms with Crippen LogP contribution in [0.1, 0.15) is 46.5 Å². The van der Waals surface area contributed by atoms with Gasteiger partial charge in [0.15, 0.2) is 0 Å². The summed E-state index contributed by atoms with van der Waals surface area (Å²) in [6.45, 7) is 5.93. The normalized spacial score (nSPS) is 21.3. The van der Waals surface area contributed by atoms with E-state index in [1.54, 1.807) is 12.3 Å².